The fraction of sp³-hybridized carbons (Fsp3) is 0.529. The van der Waals surface area contributed by atoms with Crippen LogP contribution in [0.25, 0.3) is 0 Å². The van der Waals surface area contributed by atoms with Gasteiger partial charge in [-0.25, -0.2) is 4.79 Å². The first-order chi connectivity index (χ1) is 11.0. The van der Waals surface area contributed by atoms with Crippen LogP contribution in [0.5, 0.6) is 5.75 Å². The molecular weight excluding hydrogens is 312 g/mol. The molecule has 23 heavy (non-hydrogen) atoms. The highest BCUT2D eigenvalue weighted by atomic mass is 32.1. The molecule has 0 amide bonds. The van der Waals surface area contributed by atoms with Crippen molar-refractivity contribution >= 4 is 29.0 Å². The van der Waals surface area contributed by atoms with Crippen LogP contribution in [0.1, 0.15) is 38.7 Å². The number of methoxy groups -OCH3 is 1. The monoisotopic (exact) mass is 338 g/mol. The number of carbonyl (C=O) groups excluding carboxylic acids is 1. The molecule has 0 aliphatic carbocycles. The summed E-state index contributed by atoms with van der Waals surface area (Å²) in [7, 11) is 1.63. The van der Waals surface area contributed by atoms with Crippen molar-refractivity contribution in [2.75, 3.05) is 19.0 Å². The van der Waals surface area contributed by atoms with Gasteiger partial charge in [-0.15, -0.1) is 0 Å². The predicted molar refractivity (Wildman–Crippen MR) is 97.0 cm³/mol. The van der Waals surface area contributed by atoms with Crippen LogP contribution in [0.15, 0.2) is 18.2 Å². The second kappa shape index (κ2) is 10.0. The molecule has 0 radical (unpaired) electrons. The normalized spacial score (nSPS) is 11.5. The molecule has 2 N–H and O–H groups in total. The number of hydrogen-bond donors (Lipinski definition) is 2. The van der Waals surface area contributed by atoms with Gasteiger partial charge in [-0.2, -0.15) is 0 Å². The molecule has 0 bridgehead atoms. The molecule has 0 saturated carbocycles. The zero-order valence-electron chi connectivity index (χ0n) is 14.3. The molecule has 128 valence electrons. The molecule has 5 nitrogen and oxygen atoms in total. The van der Waals surface area contributed by atoms with Crippen LogP contribution in [-0.2, 0) is 9.53 Å². The maximum atomic E-state index is 12.0. The minimum Gasteiger partial charge on any atom is -0.497 e. The van der Waals surface area contributed by atoms with Crippen LogP contribution in [0, 0.1) is 6.92 Å². The first-order valence-electron chi connectivity index (χ1n) is 7.90. The third-order valence-electron chi connectivity index (χ3n) is 3.40. The summed E-state index contributed by atoms with van der Waals surface area (Å²) in [4.78, 5) is 12.0. The third-order valence-corrected chi connectivity index (χ3v) is 3.62. The van der Waals surface area contributed by atoms with Gasteiger partial charge in [0.2, 0.25) is 0 Å². The van der Waals surface area contributed by atoms with E-state index in [-0.39, 0.29) is 5.97 Å². The number of nitrogens with one attached hydrogen (secondary N) is 2. The van der Waals surface area contributed by atoms with Gasteiger partial charge < -0.3 is 20.1 Å². The van der Waals surface area contributed by atoms with E-state index in [0.29, 0.717) is 18.1 Å². The van der Waals surface area contributed by atoms with Crippen molar-refractivity contribution in [3.63, 3.8) is 0 Å². The van der Waals surface area contributed by atoms with Gasteiger partial charge in [0.1, 0.15) is 11.8 Å². The standard InChI is InChI=1S/C17H26N2O3S/c1-5-7-8-15(16(20)22-6-2)19-17(23)18-14-10-9-13(21-4)11-12(14)3/h9-11,15H,5-8H2,1-4H3,(H2,18,19,23). The van der Waals surface area contributed by atoms with Crippen molar-refractivity contribution in [2.45, 2.75) is 46.1 Å². The van der Waals surface area contributed by atoms with Crippen LogP contribution >= 0.6 is 12.2 Å². The number of aryl methyl sites for hydroxylation is 1. The Morgan fingerprint density at radius 2 is 2.09 bits per heavy atom. The minimum atomic E-state index is -0.423. The number of rotatable bonds is 8. The van der Waals surface area contributed by atoms with Gasteiger partial charge in [0.25, 0.3) is 0 Å². The van der Waals surface area contributed by atoms with Crippen molar-refractivity contribution in [3.05, 3.63) is 23.8 Å². The fourth-order valence-electron chi connectivity index (χ4n) is 2.12. The molecule has 0 heterocycles. The lowest BCUT2D eigenvalue weighted by Gasteiger charge is -2.20. The van der Waals surface area contributed by atoms with Crippen LogP contribution in [-0.4, -0.2) is 30.8 Å². The van der Waals surface area contributed by atoms with E-state index in [2.05, 4.69) is 17.6 Å². The number of hydrogen-bond acceptors (Lipinski definition) is 4. The van der Waals surface area contributed by atoms with Crippen molar-refractivity contribution < 1.29 is 14.3 Å². The SMILES string of the molecule is CCCCC(NC(=S)Nc1ccc(OC)cc1C)C(=O)OCC. The lowest BCUT2D eigenvalue weighted by Crippen LogP contribution is -2.43. The summed E-state index contributed by atoms with van der Waals surface area (Å²) in [5, 5.41) is 6.59. The maximum Gasteiger partial charge on any atom is 0.328 e. The molecule has 1 aromatic rings. The van der Waals surface area contributed by atoms with Gasteiger partial charge in [-0.1, -0.05) is 19.8 Å². The number of thiocarbonyl (C=S) groups is 1. The minimum absolute atomic E-state index is 0.267. The summed E-state index contributed by atoms with van der Waals surface area (Å²) in [6, 6.07) is 5.25. The van der Waals surface area contributed by atoms with E-state index in [0.717, 1.165) is 29.8 Å². The first kappa shape index (κ1) is 19.2. The van der Waals surface area contributed by atoms with E-state index in [1.165, 1.54) is 0 Å². The Balaban J connectivity index is 2.69. The Hall–Kier alpha value is -1.82. The zero-order valence-corrected chi connectivity index (χ0v) is 15.1. The summed E-state index contributed by atoms with van der Waals surface area (Å²) < 4.78 is 10.3. The Bertz CT molecular complexity index is 535. The summed E-state index contributed by atoms with van der Waals surface area (Å²) in [5.41, 5.74) is 1.89. The summed E-state index contributed by atoms with van der Waals surface area (Å²) in [6.07, 6.45) is 2.63. The topological polar surface area (TPSA) is 59.6 Å². The third kappa shape index (κ3) is 6.44. The Morgan fingerprint density at radius 1 is 1.35 bits per heavy atom. The Kier molecular flexibility index (Phi) is 8.40. The van der Waals surface area contributed by atoms with E-state index < -0.39 is 6.04 Å². The number of ether oxygens (including phenoxy) is 2. The molecule has 0 fully saturated rings. The van der Waals surface area contributed by atoms with E-state index >= 15 is 0 Å². The van der Waals surface area contributed by atoms with Crippen LogP contribution in [0.3, 0.4) is 0 Å². The average molecular weight is 338 g/mol. The van der Waals surface area contributed by atoms with Crippen LogP contribution < -0.4 is 15.4 Å². The summed E-state index contributed by atoms with van der Waals surface area (Å²) in [5.74, 6) is 0.524. The number of esters is 1. The molecule has 1 unspecified atom stereocenters. The fourth-order valence-corrected chi connectivity index (χ4v) is 2.37. The molecule has 0 aromatic heterocycles. The second-order valence-corrected chi connectivity index (χ2v) is 5.63. The molecule has 1 rings (SSSR count). The molecule has 0 saturated heterocycles. The van der Waals surface area contributed by atoms with Gasteiger partial charge in [0.15, 0.2) is 5.11 Å². The predicted octanol–water partition coefficient (Wildman–Crippen LogP) is 3.41. The van der Waals surface area contributed by atoms with Crippen LogP contribution in [0.2, 0.25) is 0 Å². The number of anilines is 1. The Morgan fingerprint density at radius 3 is 2.65 bits per heavy atom. The zero-order chi connectivity index (χ0) is 17.2. The average Bonchev–Trinajstić information content (AvgIpc) is 2.53. The summed E-state index contributed by atoms with van der Waals surface area (Å²) >= 11 is 5.33. The number of carbonyl (C=O) groups is 1. The number of benzene rings is 1. The van der Waals surface area contributed by atoms with Gasteiger partial charge >= 0.3 is 5.97 Å². The molecule has 0 aliphatic rings. The van der Waals surface area contributed by atoms with Crippen molar-refractivity contribution in [2.24, 2.45) is 0 Å². The maximum absolute atomic E-state index is 12.0. The summed E-state index contributed by atoms with van der Waals surface area (Å²) in [6.45, 7) is 6.21. The van der Waals surface area contributed by atoms with E-state index in [9.17, 15) is 4.79 Å². The van der Waals surface area contributed by atoms with Crippen molar-refractivity contribution in [1.29, 1.82) is 0 Å². The highest BCUT2D eigenvalue weighted by molar-refractivity contribution is 7.80. The largest absolute Gasteiger partial charge is 0.497 e. The number of unbranched alkanes of at least 4 members (excludes halogenated alkanes) is 1. The van der Waals surface area contributed by atoms with Gasteiger partial charge in [-0.05, 0) is 56.2 Å². The molecule has 0 aliphatic heterocycles. The molecule has 1 atom stereocenters. The lowest BCUT2D eigenvalue weighted by atomic mass is 10.1. The van der Waals surface area contributed by atoms with Gasteiger partial charge in [0, 0.05) is 5.69 Å². The first-order valence-corrected chi connectivity index (χ1v) is 8.31. The van der Waals surface area contributed by atoms with Crippen LogP contribution in [0.4, 0.5) is 5.69 Å². The Labute approximate surface area is 143 Å². The lowest BCUT2D eigenvalue weighted by molar-refractivity contribution is -0.145. The smallest absolute Gasteiger partial charge is 0.328 e. The van der Waals surface area contributed by atoms with Gasteiger partial charge in [-0.3, -0.25) is 0 Å². The van der Waals surface area contributed by atoms with Crippen molar-refractivity contribution in [1.82, 2.24) is 5.32 Å². The molecule has 0 spiro atoms. The second-order valence-electron chi connectivity index (χ2n) is 5.23. The highest BCUT2D eigenvalue weighted by Crippen LogP contribution is 2.21. The molecule has 1 aromatic carbocycles. The highest BCUT2D eigenvalue weighted by Gasteiger charge is 2.20. The quantitative estimate of drug-likeness (QED) is 0.559. The van der Waals surface area contributed by atoms with E-state index in [4.69, 9.17) is 21.7 Å². The van der Waals surface area contributed by atoms with Crippen molar-refractivity contribution in [3.8, 4) is 5.75 Å². The molecule has 6 heteroatoms. The van der Waals surface area contributed by atoms with E-state index in [1.54, 1.807) is 14.0 Å². The van der Waals surface area contributed by atoms with Gasteiger partial charge in [0.05, 0.1) is 13.7 Å². The van der Waals surface area contributed by atoms with E-state index in [1.807, 2.05) is 25.1 Å². The molecular formula is C17H26N2O3S.